The van der Waals surface area contributed by atoms with Crippen molar-refractivity contribution in [2.24, 2.45) is 0 Å². The first-order valence-corrected chi connectivity index (χ1v) is 8.54. The second-order valence-electron chi connectivity index (χ2n) is 5.65. The molecule has 0 radical (unpaired) electrons. The molecule has 7 heteroatoms. The molecule has 0 bridgehead atoms. The van der Waals surface area contributed by atoms with Crippen LogP contribution < -0.4 is 19.5 Å². The summed E-state index contributed by atoms with van der Waals surface area (Å²) in [6, 6.07) is 14.0. The molecule has 0 aliphatic carbocycles. The normalized spacial score (nSPS) is 10.0. The van der Waals surface area contributed by atoms with Crippen molar-refractivity contribution in [3.8, 4) is 17.2 Å². The van der Waals surface area contributed by atoms with Crippen LogP contribution in [0.1, 0.15) is 6.92 Å². The molecule has 0 heterocycles. The molecular formula is C20H24N2O5. The van der Waals surface area contributed by atoms with Crippen molar-refractivity contribution in [2.75, 3.05) is 39.2 Å². The van der Waals surface area contributed by atoms with Crippen molar-refractivity contribution < 1.29 is 23.8 Å². The molecule has 2 amide bonds. The number of likely N-dealkylation sites (N-methyl/N-ethyl adjacent to an activating group) is 1. The number of nitrogens with one attached hydrogen (secondary N) is 1. The van der Waals surface area contributed by atoms with Crippen LogP contribution in [0.3, 0.4) is 0 Å². The van der Waals surface area contributed by atoms with Crippen LogP contribution in [-0.2, 0) is 9.59 Å². The summed E-state index contributed by atoms with van der Waals surface area (Å²) in [6.45, 7) is 2.01. The topological polar surface area (TPSA) is 77.1 Å². The zero-order valence-electron chi connectivity index (χ0n) is 15.7. The Morgan fingerprint density at radius 3 is 2.26 bits per heavy atom. The number of benzene rings is 2. The van der Waals surface area contributed by atoms with Crippen molar-refractivity contribution in [1.82, 2.24) is 4.90 Å². The number of amides is 2. The minimum Gasteiger partial charge on any atom is -0.497 e. The molecule has 0 spiro atoms. The van der Waals surface area contributed by atoms with Gasteiger partial charge >= 0.3 is 0 Å². The van der Waals surface area contributed by atoms with Gasteiger partial charge in [-0.25, -0.2) is 0 Å². The van der Waals surface area contributed by atoms with Crippen LogP contribution in [0.15, 0.2) is 48.5 Å². The smallest absolute Gasteiger partial charge is 0.260 e. The fourth-order valence-corrected chi connectivity index (χ4v) is 2.36. The fourth-order valence-electron chi connectivity index (χ4n) is 2.36. The minimum atomic E-state index is -0.289. The van der Waals surface area contributed by atoms with Crippen LogP contribution in [0.5, 0.6) is 17.2 Å². The maximum atomic E-state index is 12.3. The van der Waals surface area contributed by atoms with Crippen LogP contribution in [0.2, 0.25) is 0 Å². The van der Waals surface area contributed by atoms with Crippen molar-refractivity contribution in [2.45, 2.75) is 6.92 Å². The molecule has 2 aromatic rings. The van der Waals surface area contributed by atoms with Gasteiger partial charge in [-0.15, -0.1) is 0 Å². The quantitative estimate of drug-likeness (QED) is 0.732. The third-order valence-corrected chi connectivity index (χ3v) is 3.84. The Morgan fingerprint density at radius 2 is 1.63 bits per heavy atom. The Hall–Kier alpha value is -3.22. The zero-order chi connectivity index (χ0) is 19.6. The van der Waals surface area contributed by atoms with Gasteiger partial charge in [-0.3, -0.25) is 9.59 Å². The highest BCUT2D eigenvalue weighted by Gasteiger charge is 2.16. The molecule has 2 aromatic carbocycles. The molecule has 7 nitrogen and oxygen atoms in total. The number of rotatable bonds is 9. The third kappa shape index (κ3) is 6.22. The lowest BCUT2D eigenvalue weighted by molar-refractivity contribution is -0.136. The summed E-state index contributed by atoms with van der Waals surface area (Å²) < 4.78 is 15.7. The first-order valence-electron chi connectivity index (χ1n) is 8.54. The van der Waals surface area contributed by atoms with E-state index in [0.717, 1.165) is 0 Å². The number of hydrogen-bond donors (Lipinski definition) is 1. The van der Waals surface area contributed by atoms with Crippen molar-refractivity contribution >= 4 is 17.5 Å². The number of anilines is 1. The summed E-state index contributed by atoms with van der Waals surface area (Å²) in [7, 11) is 3.14. The van der Waals surface area contributed by atoms with Crippen molar-refractivity contribution in [3.63, 3.8) is 0 Å². The Balaban J connectivity index is 1.86. The maximum absolute atomic E-state index is 12.3. The van der Waals surface area contributed by atoms with Gasteiger partial charge in [-0.05, 0) is 43.3 Å². The van der Waals surface area contributed by atoms with E-state index in [1.54, 1.807) is 62.8 Å². The van der Waals surface area contributed by atoms with Crippen molar-refractivity contribution in [3.05, 3.63) is 48.5 Å². The number of methoxy groups -OCH3 is 2. The summed E-state index contributed by atoms with van der Waals surface area (Å²) in [4.78, 5) is 26.0. The first-order chi connectivity index (χ1) is 13.0. The Bertz CT molecular complexity index is 761. The average molecular weight is 372 g/mol. The van der Waals surface area contributed by atoms with Gasteiger partial charge in [0.15, 0.2) is 6.61 Å². The summed E-state index contributed by atoms with van der Waals surface area (Å²) in [5.41, 5.74) is 0.609. The second kappa shape index (κ2) is 10.1. The molecule has 2 rings (SSSR count). The number of carbonyl (C=O) groups is 2. The number of ether oxygens (including phenoxy) is 3. The van der Waals surface area contributed by atoms with E-state index in [4.69, 9.17) is 14.2 Å². The summed E-state index contributed by atoms with van der Waals surface area (Å²) in [5.74, 6) is 1.35. The van der Waals surface area contributed by atoms with Gasteiger partial charge in [0.25, 0.3) is 5.91 Å². The molecule has 0 aromatic heterocycles. The lowest BCUT2D eigenvalue weighted by Gasteiger charge is -2.20. The molecule has 1 N–H and O–H groups in total. The van der Waals surface area contributed by atoms with Gasteiger partial charge in [0.05, 0.1) is 20.8 Å². The van der Waals surface area contributed by atoms with Crippen LogP contribution >= 0.6 is 0 Å². The number of nitrogens with zero attached hydrogens (tertiary/aromatic N) is 1. The summed E-state index contributed by atoms with van der Waals surface area (Å²) in [6.07, 6.45) is 0. The van der Waals surface area contributed by atoms with Gasteiger partial charge in [0.1, 0.15) is 17.2 Å². The highest BCUT2D eigenvalue weighted by atomic mass is 16.5. The van der Waals surface area contributed by atoms with E-state index in [-0.39, 0.29) is 25.0 Å². The van der Waals surface area contributed by atoms with Crippen LogP contribution in [0.4, 0.5) is 5.69 Å². The highest BCUT2D eigenvalue weighted by Crippen LogP contribution is 2.18. The molecule has 0 saturated carbocycles. The minimum absolute atomic E-state index is 0.0570. The molecule has 0 saturated heterocycles. The SMILES string of the molecule is CCN(CC(=O)Nc1cccc(OC)c1)C(=O)COc1ccc(OC)cc1. The molecule has 0 aliphatic rings. The molecule has 0 fully saturated rings. The van der Waals surface area contributed by atoms with E-state index in [1.807, 2.05) is 6.92 Å². The van der Waals surface area contributed by atoms with E-state index in [1.165, 1.54) is 4.90 Å². The van der Waals surface area contributed by atoms with Gasteiger partial charge in [0.2, 0.25) is 5.91 Å². The Labute approximate surface area is 158 Å². The summed E-state index contributed by atoms with van der Waals surface area (Å²) >= 11 is 0. The lowest BCUT2D eigenvalue weighted by Crippen LogP contribution is -2.40. The fraction of sp³-hybridized carbons (Fsp3) is 0.300. The summed E-state index contributed by atoms with van der Waals surface area (Å²) in [5, 5.41) is 2.76. The van der Waals surface area contributed by atoms with E-state index < -0.39 is 0 Å². The number of carbonyl (C=O) groups excluding carboxylic acids is 2. The van der Waals surface area contributed by atoms with Gasteiger partial charge in [0, 0.05) is 18.3 Å². The lowest BCUT2D eigenvalue weighted by atomic mass is 10.3. The van der Waals surface area contributed by atoms with Gasteiger partial charge < -0.3 is 24.4 Å². The van der Waals surface area contributed by atoms with E-state index >= 15 is 0 Å². The monoisotopic (exact) mass is 372 g/mol. The van der Waals surface area contributed by atoms with Crippen LogP contribution in [0.25, 0.3) is 0 Å². The van der Waals surface area contributed by atoms with E-state index in [9.17, 15) is 9.59 Å². The number of hydrogen-bond acceptors (Lipinski definition) is 5. The standard InChI is InChI=1S/C20H24N2O5/c1-4-22(13-19(23)21-15-6-5-7-18(12-15)26-3)20(24)14-27-17-10-8-16(25-2)9-11-17/h5-12H,4,13-14H2,1-3H3,(H,21,23). The third-order valence-electron chi connectivity index (χ3n) is 3.84. The molecular weight excluding hydrogens is 348 g/mol. The zero-order valence-corrected chi connectivity index (χ0v) is 15.7. The van der Waals surface area contributed by atoms with E-state index in [2.05, 4.69) is 5.32 Å². The average Bonchev–Trinajstić information content (AvgIpc) is 2.70. The van der Waals surface area contributed by atoms with Crippen LogP contribution in [-0.4, -0.2) is 50.6 Å². The maximum Gasteiger partial charge on any atom is 0.260 e. The molecule has 0 atom stereocenters. The van der Waals surface area contributed by atoms with Crippen LogP contribution in [0, 0.1) is 0 Å². The molecule has 27 heavy (non-hydrogen) atoms. The van der Waals surface area contributed by atoms with Gasteiger partial charge in [-0.1, -0.05) is 6.07 Å². The second-order valence-corrected chi connectivity index (χ2v) is 5.65. The van der Waals surface area contributed by atoms with Crippen molar-refractivity contribution in [1.29, 1.82) is 0 Å². The molecule has 0 unspecified atom stereocenters. The molecule has 0 aliphatic heterocycles. The molecule has 144 valence electrons. The Morgan fingerprint density at radius 1 is 0.963 bits per heavy atom. The van der Waals surface area contributed by atoms with E-state index in [0.29, 0.717) is 29.5 Å². The van der Waals surface area contributed by atoms with Gasteiger partial charge in [-0.2, -0.15) is 0 Å². The first kappa shape index (κ1) is 20.1. The predicted octanol–water partition coefficient (Wildman–Crippen LogP) is 2.57. The highest BCUT2D eigenvalue weighted by molar-refractivity contribution is 5.94. The Kier molecular flexibility index (Phi) is 7.49. The largest absolute Gasteiger partial charge is 0.497 e. The predicted molar refractivity (Wildman–Crippen MR) is 102 cm³/mol.